The van der Waals surface area contributed by atoms with Crippen LogP contribution in [0.3, 0.4) is 0 Å². The van der Waals surface area contributed by atoms with Crippen molar-refractivity contribution in [3.05, 3.63) is 0 Å². The summed E-state index contributed by atoms with van der Waals surface area (Å²) in [6.45, 7) is 5.38. The van der Waals surface area contributed by atoms with Gasteiger partial charge in [0.2, 0.25) is 6.41 Å². The van der Waals surface area contributed by atoms with Crippen molar-refractivity contribution < 1.29 is 4.79 Å². The molecule has 2 heteroatoms. The summed E-state index contributed by atoms with van der Waals surface area (Å²) >= 11 is 0. The van der Waals surface area contributed by atoms with Crippen molar-refractivity contribution in [2.24, 2.45) is 5.92 Å². The maximum atomic E-state index is 10.5. The van der Waals surface area contributed by atoms with Crippen molar-refractivity contribution in [1.29, 1.82) is 0 Å². The minimum absolute atomic E-state index is 0.710. The number of nitrogens with zero attached hydrogens (tertiary/aromatic N) is 1. The van der Waals surface area contributed by atoms with Crippen molar-refractivity contribution in [1.82, 2.24) is 4.90 Å². The molecule has 1 atom stereocenters. The Bertz CT molecular complexity index is 136. The summed E-state index contributed by atoms with van der Waals surface area (Å²) in [4.78, 5) is 12.3. The molecule has 0 N–H and O–H groups in total. The normalized spacial score (nSPS) is 12.5. The van der Waals surface area contributed by atoms with E-state index in [-0.39, 0.29) is 0 Å². The number of rotatable bonds is 9. The second-order valence-corrected chi connectivity index (χ2v) is 4.20. The molecule has 2 nitrogen and oxygen atoms in total. The van der Waals surface area contributed by atoms with Crippen LogP contribution >= 0.6 is 0 Å². The van der Waals surface area contributed by atoms with Gasteiger partial charge < -0.3 is 4.90 Å². The van der Waals surface area contributed by atoms with E-state index in [4.69, 9.17) is 0 Å². The molecule has 0 aromatic heterocycles. The van der Waals surface area contributed by atoms with Crippen molar-refractivity contribution in [2.45, 2.75) is 52.4 Å². The van der Waals surface area contributed by atoms with E-state index in [0.717, 1.165) is 13.0 Å². The predicted molar refractivity (Wildman–Crippen MR) is 61.2 cm³/mol. The number of carbonyl (C=O) groups excluding carboxylic acids is 1. The van der Waals surface area contributed by atoms with Gasteiger partial charge in [0.05, 0.1) is 0 Å². The Morgan fingerprint density at radius 2 is 1.86 bits per heavy atom. The molecule has 0 spiro atoms. The summed E-state index contributed by atoms with van der Waals surface area (Å²) < 4.78 is 0. The van der Waals surface area contributed by atoms with Gasteiger partial charge in [-0.25, -0.2) is 0 Å². The van der Waals surface area contributed by atoms with Crippen molar-refractivity contribution in [3.63, 3.8) is 0 Å². The Kier molecular flexibility index (Phi) is 8.70. The fourth-order valence-electron chi connectivity index (χ4n) is 1.87. The molecule has 1 unspecified atom stereocenters. The van der Waals surface area contributed by atoms with E-state index in [0.29, 0.717) is 5.92 Å². The van der Waals surface area contributed by atoms with Crippen molar-refractivity contribution in [2.75, 3.05) is 13.6 Å². The maximum Gasteiger partial charge on any atom is 0.209 e. The lowest BCUT2D eigenvalue weighted by Crippen LogP contribution is -2.24. The van der Waals surface area contributed by atoms with Gasteiger partial charge in [0.25, 0.3) is 0 Å². The fraction of sp³-hybridized carbons (Fsp3) is 0.917. The van der Waals surface area contributed by atoms with E-state index in [2.05, 4.69) is 13.8 Å². The minimum atomic E-state index is 0.710. The molecular weight excluding hydrogens is 174 g/mol. The second-order valence-electron chi connectivity index (χ2n) is 4.20. The van der Waals surface area contributed by atoms with Crippen LogP contribution in [0.25, 0.3) is 0 Å². The highest BCUT2D eigenvalue weighted by molar-refractivity contribution is 5.46. The highest BCUT2D eigenvalue weighted by Gasteiger charge is 2.09. The van der Waals surface area contributed by atoms with Gasteiger partial charge in [-0.15, -0.1) is 0 Å². The maximum absolute atomic E-state index is 10.5. The highest BCUT2D eigenvalue weighted by atomic mass is 16.1. The minimum Gasteiger partial charge on any atom is -0.348 e. The Balaban J connectivity index is 3.70. The standard InChI is InChI=1S/C12H25NO/c1-4-6-7-9-12(8-5-2)10-13(3)11-14/h11-12H,4-10H2,1-3H3. The number of unbranched alkanes of at least 4 members (excludes halogenated alkanes) is 2. The van der Waals surface area contributed by atoms with E-state index < -0.39 is 0 Å². The zero-order chi connectivity index (χ0) is 10.8. The van der Waals surface area contributed by atoms with Gasteiger partial charge in [-0.05, 0) is 18.8 Å². The molecule has 0 fully saturated rings. The summed E-state index contributed by atoms with van der Waals surface area (Å²) in [7, 11) is 1.87. The average Bonchev–Trinajstić information content (AvgIpc) is 2.18. The molecule has 0 radical (unpaired) electrons. The number of amides is 1. The van der Waals surface area contributed by atoms with Gasteiger partial charge in [0.1, 0.15) is 0 Å². The zero-order valence-electron chi connectivity index (χ0n) is 9.96. The quantitative estimate of drug-likeness (QED) is 0.413. The van der Waals surface area contributed by atoms with Crippen LogP contribution in [0.1, 0.15) is 52.4 Å². The molecule has 0 aliphatic heterocycles. The van der Waals surface area contributed by atoms with Gasteiger partial charge >= 0.3 is 0 Å². The van der Waals surface area contributed by atoms with Crippen LogP contribution in [0.2, 0.25) is 0 Å². The first-order valence-corrected chi connectivity index (χ1v) is 5.90. The molecule has 0 saturated carbocycles. The van der Waals surface area contributed by atoms with Crippen molar-refractivity contribution in [3.8, 4) is 0 Å². The Hall–Kier alpha value is -0.530. The van der Waals surface area contributed by atoms with E-state index in [1.165, 1.54) is 38.5 Å². The first kappa shape index (κ1) is 13.5. The highest BCUT2D eigenvalue weighted by Crippen LogP contribution is 2.16. The molecule has 14 heavy (non-hydrogen) atoms. The predicted octanol–water partition coefficient (Wildman–Crippen LogP) is 3.07. The van der Waals surface area contributed by atoms with Crippen LogP contribution in [-0.4, -0.2) is 24.9 Å². The summed E-state index contributed by atoms with van der Waals surface area (Å²) in [5, 5.41) is 0. The largest absolute Gasteiger partial charge is 0.348 e. The number of hydrogen-bond donors (Lipinski definition) is 0. The molecule has 0 aromatic rings. The van der Waals surface area contributed by atoms with Crippen LogP contribution in [0, 0.1) is 5.92 Å². The molecule has 0 aliphatic rings. The van der Waals surface area contributed by atoms with Gasteiger partial charge in [-0.3, -0.25) is 4.79 Å². The summed E-state index contributed by atoms with van der Waals surface area (Å²) in [6, 6.07) is 0. The molecule has 0 bridgehead atoms. The summed E-state index contributed by atoms with van der Waals surface area (Å²) in [6.07, 6.45) is 8.61. The molecule has 0 aromatic carbocycles. The van der Waals surface area contributed by atoms with Gasteiger partial charge in [0.15, 0.2) is 0 Å². The molecular formula is C12H25NO. The first-order chi connectivity index (χ1) is 6.74. The van der Waals surface area contributed by atoms with Crippen molar-refractivity contribution >= 4 is 6.41 Å². The summed E-state index contributed by atoms with van der Waals surface area (Å²) in [5.41, 5.74) is 0. The Morgan fingerprint density at radius 1 is 1.14 bits per heavy atom. The molecule has 0 saturated heterocycles. The van der Waals surface area contributed by atoms with Crippen LogP contribution in [0.4, 0.5) is 0 Å². The van der Waals surface area contributed by atoms with Gasteiger partial charge in [-0.2, -0.15) is 0 Å². The number of hydrogen-bond acceptors (Lipinski definition) is 1. The first-order valence-electron chi connectivity index (χ1n) is 5.90. The van der Waals surface area contributed by atoms with E-state index in [9.17, 15) is 4.79 Å². The van der Waals surface area contributed by atoms with Gasteiger partial charge in [0, 0.05) is 13.6 Å². The lowest BCUT2D eigenvalue weighted by molar-refractivity contribution is -0.117. The second kappa shape index (κ2) is 9.04. The molecule has 84 valence electrons. The smallest absolute Gasteiger partial charge is 0.209 e. The lowest BCUT2D eigenvalue weighted by Gasteiger charge is -2.20. The monoisotopic (exact) mass is 199 g/mol. The number of carbonyl (C=O) groups is 1. The topological polar surface area (TPSA) is 20.3 Å². The lowest BCUT2D eigenvalue weighted by atomic mass is 9.96. The Labute approximate surface area is 88.7 Å². The van der Waals surface area contributed by atoms with Crippen LogP contribution in [0.15, 0.2) is 0 Å². The van der Waals surface area contributed by atoms with Crippen LogP contribution in [-0.2, 0) is 4.79 Å². The zero-order valence-corrected chi connectivity index (χ0v) is 9.96. The van der Waals surface area contributed by atoms with E-state index >= 15 is 0 Å². The third kappa shape index (κ3) is 6.93. The Morgan fingerprint density at radius 3 is 2.36 bits per heavy atom. The van der Waals surface area contributed by atoms with E-state index in [1.807, 2.05) is 7.05 Å². The molecule has 1 amide bonds. The average molecular weight is 199 g/mol. The fourth-order valence-corrected chi connectivity index (χ4v) is 1.87. The van der Waals surface area contributed by atoms with Gasteiger partial charge in [-0.1, -0.05) is 39.5 Å². The van der Waals surface area contributed by atoms with Crippen LogP contribution in [0.5, 0.6) is 0 Å². The SMILES string of the molecule is CCCCCC(CCC)CN(C)C=O. The molecule has 0 heterocycles. The van der Waals surface area contributed by atoms with Crippen LogP contribution < -0.4 is 0 Å². The summed E-state index contributed by atoms with van der Waals surface area (Å²) in [5.74, 6) is 0.710. The third-order valence-electron chi connectivity index (χ3n) is 2.64. The van der Waals surface area contributed by atoms with E-state index in [1.54, 1.807) is 4.90 Å². The molecule has 0 rings (SSSR count). The molecule has 0 aliphatic carbocycles. The third-order valence-corrected chi connectivity index (χ3v) is 2.64.